The summed E-state index contributed by atoms with van der Waals surface area (Å²) in [6, 6.07) is 12.3. The van der Waals surface area contributed by atoms with E-state index < -0.39 is 17.5 Å². The number of aryl methyl sites for hydroxylation is 1. The van der Waals surface area contributed by atoms with Crippen LogP contribution in [0.25, 0.3) is 11.1 Å². The predicted octanol–water partition coefficient (Wildman–Crippen LogP) is 2.73. The molecular formula is C16H12FNO4. The Bertz CT molecular complexity index is 881. The fourth-order valence-corrected chi connectivity index (χ4v) is 2.14. The number of aromatic nitrogens is 1. The topological polar surface area (TPSA) is 61.4 Å². The molecule has 1 aromatic heterocycles. The highest BCUT2D eigenvalue weighted by Gasteiger charge is 2.11. The van der Waals surface area contributed by atoms with Crippen molar-refractivity contribution in [3.63, 3.8) is 0 Å². The summed E-state index contributed by atoms with van der Waals surface area (Å²) in [4.78, 5) is 23.5. The molecule has 0 aliphatic heterocycles. The van der Waals surface area contributed by atoms with Gasteiger partial charge in [-0.1, -0.05) is 18.2 Å². The fraction of sp³-hybridized carbons (Fsp3) is 0.125. The maximum absolute atomic E-state index is 13.0. The molecule has 6 heteroatoms. The Morgan fingerprint density at radius 1 is 1.18 bits per heavy atom. The van der Waals surface area contributed by atoms with Gasteiger partial charge in [-0.3, -0.25) is 9.36 Å². The van der Waals surface area contributed by atoms with E-state index in [9.17, 15) is 14.0 Å². The molecule has 0 fully saturated rings. The van der Waals surface area contributed by atoms with Crippen LogP contribution in [0.5, 0.6) is 5.75 Å². The van der Waals surface area contributed by atoms with E-state index in [4.69, 9.17) is 9.15 Å². The molecule has 0 aliphatic carbocycles. The molecule has 2 aromatic carbocycles. The van der Waals surface area contributed by atoms with Crippen LogP contribution in [-0.4, -0.2) is 10.5 Å². The summed E-state index contributed by atoms with van der Waals surface area (Å²) in [6.07, 6.45) is -0.0278. The van der Waals surface area contributed by atoms with Gasteiger partial charge in [-0.25, -0.2) is 9.18 Å². The first-order valence-electron chi connectivity index (χ1n) is 6.68. The fourth-order valence-electron chi connectivity index (χ4n) is 2.14. The van der Waals surface area contributed by atoms with Gasteiger partial charge < -0.3 is 9.15 Å². The van der Waals surface area contributed by atoms with Crippen molar-refractivity contribution in [2.45, 2.75) is 13.0 Å². The van der Waals surface area contributed by atoms with Crippen LogP contribution >= 0.6 is 0 Å². The lowest BCUT2D eigenvalue weighted by molar-refractivity contribution is -0.134. The predicted molar refractivity (Wildman–Crippen MR) is 77.1 cm³/mol. The van der Waals surface area contributed by atoms with Gasteiger partial charge in [-0.05, 0) is 24.3 Å². The average Bonchev–Trinajstić information content (AvgIpc) is 2.80. The van der Waals surface area contributed by atoms with E-state index in [1.165, 1.54) is 22.8 Å². The minimum atomic E-state index is -0.553. The summed E-state index contributed by atoms with van der Waals surface area (Å²) in [6.45, 7) is 0.129. The van der Waals surface area contributed by atoms with Crippen molar-refractivity contribution in [3.8, 4) is 5.75 Å². The van der Waals surface area contributed by atoms with Crippen LogP contribution in [0.1, 0.15) is 6.42 Å². The van der Waals surface area contributed by atoms with E-state index in [0.29, 0.717) is 11.1 Å². The number of carbonyl (C=O) groups excluding carboxylic acids is 1. The van der Waals surface area contributed by atoms with Gasteiger partial charge in [0.05, 0.1) is 11.9 Å². The van der Waals surface area contributed by atoms with E-state index in [0.717, 1.165) is 6.07 Å². The molecule has 0 radical (unpaired) electrons. The number of esters is 1. The Morgan fingerprint density at radius 2 is 2.00 bits per heavy atom. The maximum Gasteiger partial charge on any atom is 0.419 e. The van der Waals surface area contributed by atoms with Crippen molar-refractivity contribution in [1.82, 2.24) is 4.57 Å². The number of para-hydroxylation sites is 2. The van der Waals surface area contributed by atoms with E-state index in [2.05, 4.69) is 0 Å². The van der Waals surface area contributed by atoms with Crippen molar-refractivity contribution in [2.24, 2.45) is 0 Å². The number of fused-ring (bicyclic) bond motifs is 1. The van der Waals surface area contributed by atoms with E-state index in [1.807, 2.05) is 0 Å². The minimum absolute atomic E-state index is 0.0278. The summed E-state index contributed by atoms with van der Waals surface area (Å²) >= 11 is 0. The molecule has 0 saturated heterocycles. The van der Waals surface area contributed by atoms with Crippen LogP contribution < -0.4 is 10.5 Å². The summed E-state index contributed by atoms with van der Waals surface area (Å²) < 4.78 is 24.5. The zero-order valence-electron chi connectivity index (χ0n) is 11.5. The number of carbonyl (C=O) groups is 1. The number of benzene rings is 2. The van der Waals surface area contributed by atoms with Crippen LogP contribution in [0.3, 0.4) is 0 Å². The second kappa shape index (κ2) is 5.85. The Kier molecular flexibility index (Phi) is 3.74. The monoisotopic (exact) mass is 301 g/mol. The number of ether oxygens (including phenoxy) is 1. The summed E-state index contributed by atoms with van der Waals surface area (Å²) in [5.74, 6) is -1.43. The van der Waals surface area contributed by atoms with Crippen LogP contribution in [0.2, 0.25) is 0 Å². The molecule has 5 nitrogen and oxygen atoms in total. The van der Waals surface area contributed by atoms with Gasteiger partial charge in [-0.15, -0.1) is 0 Å². The zero-order chi connectivity index (χ0) is 15.5. The molecule has 0 unspecified atom stereocenters. The average molecular weight is 301 g/mol. The van der Waals surface area contributed by atoms with E-state index >= 15 is 0 Å². The Labute approximate surface area is 124 Å². The quantitative estimate of drug-likeness (QED) is 0.549. The first-order valence-corrected chi connectivity index (χ1v) is 6.68. The van der Waals surface area contributed by atoms with Gasteiger partial charge in [0.2, 0.25) is 0 Å². The highest BCUT2D eigenvalue weighted by molar-refractivity contribution is 5.74. The molecule has 3 rings (SSSR count). The summed E-state index contributed by atoms with van der Waals surface area (Å²) in [7, 11) is 0. The van der Waals surface area contributed by atoms with Crippen LogP contribution in [-0.2, 0) is 11.3 Å². The number of halogens is 1. The van der Waals surface area contributed by atoms with E-state index in [-0.39, 0.29) is 18.7 Å². The Balaban J connectivity index is 1.70. The molecule has 0 N–H and O–H groups in total. The van der Waals surface area contributed by atoms with Crippen LogP contribution in [0, 0.1) is 5.82 Å². The maximum atomic E-state index is 13.0. The smallest absolute Gasteiger partial charge is 0.419 e. The van der Waals surface area contributed by atoms with Crippen molar-refractivity contribution in [3.05, 3.63) is 64.9 Å². The number of nitrogens with zero attached hydrogens (tertiary/aromatic N) is 1. The van der Waals surface area contributed by atoms with Crippen LogP contribution in [0.4, 0.5) is 4.39 Å². The first kappa shape index (κ1) is 14.1. The molecular weight excluding hydrogens is 289 g/mol. The molecule has 0 aliphatic rings. The second-order valence-electron chi connectivity index (χ2n) is 4.67. The molecule has 22 heavy (non-hydrogen) atoms. The molecule has 112 valence electrons. The third-order valence-corrected chi connectivity index (χ3v) is 3.14. The summed E-state index contributed by atoms with van der Waals surface area (Å²) in [5, 5.41) is 0. The Hall–Kier alpha value is -2.89. The van der Waals surface area contributed by atoms with Crippen molar-refractivity contribution < 1.29 is 18.3 Å². The number of hydrogen-bond acceptors (Lipinski definition) is 4. The molecule has 3 aromatic rings. The lowest BCUT2D eigenvalue weighted by atomic mass is 10.3. The molecule has 0 amide bonds. The normalized spacial score (nSPS) is 10.8. The molecule has 0 spiro atoms. The Morgan fingerprint density at radius 3 is 2.82 bits per heavy atom. The van der Waals surface area contributed by atoms with Crippen molar-refractivity contribution in [2.75, 3.05) is 0 Å². The largest absolute Gasteiger partial charge is 0.426 e. The SMILES string of the molecule is O=C(CCn1c(=O)oc2ccccc21)Oc1cccc(F)c1. The van der Waals surface area contributed by atoms with Gasteiger partial charge in [0.15, 0.2) is 5.58 Å². The first-order chi connectivity index (χ1) is 10.6. The highest BCUT2D eigenvalue weighted by atomic mass is 19.1. The number of rotatable bonds is 4. The third-order valence-electron chi connectivity index (χ3n) is 3.14. The van der Waals surface area contributed by atoms with Gasteiger partial charge in [0.25, 0.3) is 0 Å². The molecule has 0 atom stereocenters. The minimum Gasteiger partial charge on any atom is -0.426 e. The van der Waals surface area contributed by atoms with Crippen molar-refractivity contribution in [1.29, 1.82) is 0 Å². The highest BCUT2D eigenvalue weighted by Crippen LogP contribution is 2.14. The van der Waals surface area contributed by atoms with Gasteiger partial charge >= 0.3 is 11.7 Å². The molecule has 0 saturated carbocycles. The number of oxazole rings is 1. The lowest BCUT2D eigenvalue weighted by Gasteiger charge is -2.04. The number of hydrogen-bond donors (Lipinski definition) is 0. The van der Waals surface area contributed by atoms with Gasteiger partial charge in [-0.2, -0.15) is 0 Å². The zero-order valence-corrected chi connectivity index (χ0v) is 11.5. The standard InChI is InChI=1S/C16H12FNO4/c17-11-4-3-5-12(10-11)21-15(19)8-9-18-13-6-1-2-7-14(13)22-16(18)20/h1-7,10H,8-9H2. The van der Waals surface area contributed by atoms with E-state index in [1.54, 1.807) is 24.3 Å². The van der Waals surface area contributed by atoms with Crippen LogP contribution in [0.15, 0.2) is 57.7 Å². The second-order valence-corrected chi connectivity index (χ2v) is 4.67. The third kappa shape index (κ3) is 2.90. The van der Waals surface area contributed by atoms with Gasteiger partial charge in [0, 0.05) is 12.6 Å². The molecule has 1 heterocycles. The van der Waals surface area contributed by atoms with Gasteiger partial charge in [0.1, 0.15) is 11.6 Å². The lowest BCUT2D eigenvalue weighted by Crippen LogP contribution is -2.18. The van der Waals surface area contributed by atoms with Crippen molar-refractivity contribution >= 4 is 17.1 Å². The molecule has 0 bridgehead atoms. The summed E-state index contributed by atoms with van der Waals surface area (Å²) in [5.41, 5.74) is 1.08.